The molecule has 0 radical (unpaired) electrons. The Morgan fingerprint density at radius 2 is 1.95 bits per heavy atom. The van der Waals surface area contributed by atoms with Crippen LogP contribution in [0.15, 0.2) is 0 Å². The van der Waals surface area contributed by atoms with Crippen LogP contribution in [0.4, 0.5) is 11.5 Å². The summed E-state index contributed by atoms with van der Waals surface area (Å²) in [7, 11) is 0. The van der Waals surface area contributed by atoms with Crippen LogP contribution in [0.5, 0.6) is 0 Å². The number of hydrogen-bond donors (Lipinski definition) is 5. The number of aliphatic hydroxyl groups is 3. The van der Waals surface area contributed by atoms with Crippen molar-refractivity contribution in [2.24, 2.45) is 5.92 Å². The first-order valence-electron chi connectivity index (χ1n) is 5.66. The molecule has 0 saturated heterocycles. The summed E-state index contributed by atoms with van der Waals surface area (Å²) in [6, 6.07) is -0.503. The maximum Gasteiger partial charge on any atom is 0.225 e. The summed E-state index contributed by atoms with van der Waals surface area (Å²) in [4.78, 5) is 7.56. The van der Waals surface area contributed by atoms with E-state index in [-0.39, 0.29) is 28.5 Å². The number of nitrogen functional groups attached to an aromatic ring is 1. The zero-order valence-electron chi connectivity index (χ0n) is 9.79. The van der Waals surface area contributed by atoms with Gasteiger partial charge in [-0.25, -0.2) is 4.98 Å². The molecule has 7 nitrogen and oxygen atoms in total. The first-order valence-corrected chi connectivity index (χ1v) is 6.41. The molecule has 1 aromatic rings. The van der Waals surface area contributed by atoms with E-state index in [0.717, 1.165) is 0 Å². The van der Waals surface area contributed by atoms with Crippen LogP contribution in [0.3, 0.4) is 0 Å². The minimum Gasteiger partial charge on any atom is -0.396 e. The Balaban J connectivity index is 2.18. The molecule has 0 aromatic carbocycles. The number of nitrogens with two attached hydrogens (primary N) is 1. The van der Waals surface area contributed by atoms with Crippen molar-refractivity contribution in [1.82, 2.24) is 9.97 Å². The van der Waals surface area contributed by atoms with Crippen LogP contribution in [0, 0.1) is 5.92 Å². The van der Waals surface area contributed by atoms with Gasteiger partial charge in [0.05, 0.1) is 12.1 Å². The number of aliphatic hydroxyl groups excluding tert-OH is 3. The largest absolute Gasteiger partial charge is 0.396 e. The Kier molecular flexibility index (Phi) is 4.32. The van der Waals surface area contributed by atoms with Crippen LogP contribution in [0.25, 0.3) is 0 Å². The zero-order chi connectivity index (χ0) is 14.2. The van der Waals surface area contributed by atoms with E-state index in [1.54, 1.807) is 0 Å². The third kappa shape index (κ3) is 2.85. The normalized spacial score (nSPS) is 30.6. The maximum atomic E-state index is 9.88. The van der Waals surface area contributed by atoms with Gasteiger partial charge >= 0.3 is 0 Å². The van der Waals surface area contributed by atoms with E-state index in [1.165, 1.54) is 0 Å². The van der Waals surface area contributed by atoms with Crippen molar-refractivity contribution < 1.29 is 15.3 Å². The lowest BCUT2D eigenvalue weighted by Crippen LogP contribution is -2.35. The minimum atomic E-state index is -1.04. The summed E-state index contributed by atoms with van der Waals surface area (Å²) in [6.45, 7) is -0.211. The van der Waals surface area contributed by atoms with Gasteiger partial charge in [-0.2, -0.15) is 4.98 Å². The highest BCUT2D eigenvalue weighted by Crippen LogP contribution is 2.32. The summed E-state index contributed by atoms with van der Waals surface area (Å²) in [6.07, 6.45) is -1.67. The third-order valence-corrected chi connectivity index (χ3v) is 3.69. The van der Waals surface area contributed by atoms with Gasteiger partial charge in [0, 0.05) is 12.5 Å². The van der Waals surface area contributed by atoms with Gasteiger partial charge in [-0.15, -0.1) is 0 Å². The van der Waals surface area contributed by atoms with Crippen molar-refractivity contribution >= 4 is 34.7 Å². The van der Waals surface area contributed by atoms with Gasteiger partial charge < -0.3 is 26.4 Å². The Hall–Kier alpha value is -0.860. The van der Waals surface area contributed by atoms with Gasteiger partial charge in [0.15, 0.2) is 11.0 Å². The molecule has 19 heavy (non-hydrogen) atoms. The van der Waals surface area contributed by atoms with Crippen LogP contribution in [0.2, 0.25) is 10.4 Å². The molecule has 1 heterocycles. The molecular formula is C10H14Cl2N4O3. The lowest BCUT2D eigenvalue weighted by molar-refractivity contribution is 0.00446. The molecule has 0 amide bonds. The first kappa shape index (κ1) is 14.5. The number of anilines is 2. The van der Waals surface area contributed by atoms with Crippen LogP contribution in [-0.4, -0.2) is 50.1 Å². The molecule has 1 aromatic heterocycles. The molecule has 0 spiro atoms. The van der Waals surface area contributed by atoms with Crippen molar-refractivity contribution in [2.75, 3.05) is 17.7 Å². The smallest absolute Gasteiger partial charge is 0.225 e. The van der Waals surface area contributed by atoms with E-state index in [2.05, 4.69) is 15.3 Å². The zero-order valence-corrected chi connectivity index (χ0v) is 11.3. The quantitative estimate of drug-likeness (QED) is 0.389. The molecule has 2 rings (SSSR count). The van der Waals surface area contributed by atoms with Crippen LogP contribution in [0.1, 0.15) is 6.42 Å². The van der Waals surface area contributed by atoms with E-state index >= 15 is 0 Å². The predicted octanol–water partition coefficient (Wildman–Crippen LogP) is -0.120. The Morgan fingerprint density at radius 3 is 2.53 bits per heavy atom. The molecule has 0 bridgehead atoms. The lowest BCUT2D eigenvalue weighted by Gasteiger charge is -2.19. The molecule has 106 valence electrons. The number of aromatic nitrogens is 2. The highest BCUT2D eigenvalue weighted by atomic mass is 35.5. The summed E-state index contributed by atoms with van der Waals surface area (Å²) >= 11 is 11.4. The van der Waals surface area contributed by atoms with E-state index in [1.807, 2.05) is 0 Å². The molecule has 1 aliphatic carbocycles. The average molecular weight is 309 g/mol. The van der Waals surface area contributed by atoms with Crippen LogP contribution < -0.4 is 11.1 Å². The number of nitrogens with zero attached hydrogens (tertiary/aromatic N) is 2. The van der Waals surface area contributed by atoms with Gasteiger partial charge in [-0.05, 0) is 18.0 Å². The van der Waals surface area contributed by atoms with Crippen LogP contribution in [-0.2, 0) is 0 Å². The fourth-order valence-electron chi connectivity index (χ4n) is 2.15. The minimum absolute atomic E-state index is 0.00856. The topological polar surface area (TPSA) is 125 Å². The van der Waals surface area contributed by atoms with Gasteiger partial charge in [0.1, 0.15) is 11.8 Å². The number of halogens is 2. The van der Waals surface area contributed by atoms with Crippen molar-refractivity contribution in [3.05, 3.63) is 10.4 Å². The predicted molar refractivity (Wildman–Crippen MR) is 71.1 cm³/mol. The summed E-state index contributed by atoms with van der Waals surface area (Å²) in [5, 5.41) is 31.5. The van der Waals surface area contributed by atoms with Crippen molar-refractivity contribution in [3.8, 4) is 0 Å². The molecule has 0 aliphatic heterocycles. The second kappa shape index (κ2) is 5.64. The van der Waals surface area contributed by atoms with E-state index < -0.39 is 24.2 Å². The molecule has 0 unspecified atom stereocenters. The van der Waals surface area contributed by atoms with Crippen molar-refractivity contribution in [1.29, 1.82) is 0 Å². The first-order chi connectivity index (χ1) is 8.93. The number of nitrogens with one attached hydrogen (secondary N) is 1. The average Bonchev–Trinajstić information content (AvgIpc) is 2.63. The van der Waals surface area contributed by atoms with Gasteiger partial charge in [0.2, 0.25) is 5.28 Å². The van der Waals surface area contributed by atoms with Crippen molar-refractivity contribution in [3.63, 3.8) is 0 Å². The number of rotatable bonds is 3. The lowest BCUT2D eigenvalue weighted by atomic mass is 10.1. The second-order valence-corrected chi connectivity index (χ2v) is 5.15. The molecular weight excluding hydrogens is 295 g/mol. The van der Waals surface area contributed by atoms with E-state index in [4.69, 9.17) is 34.0 Å². The molecule has 6 N–H and O–H groups in total. The van der Waals surface area contributed by atoms with E-state index in [9.17, 15) is 10.2 Å². The van der Waals surface area contributed by atoms with E-state index in [0.29, 0.717) is 6.42 Å². The van der Waals surface area contributed by atoms with Gasteiger partial charge in [0.25, 0.3) is 0 Å². The standard InChI is InChI=1S/C10H14Cl2N4O3/c11-8-5(13)9(16-10(12)15-8)14-4-1-3(2-17)6(18)7(4)19/h3-4,6-7,17-19H,1-2,13H2,(H,14,15,16)/t3-,4-,6-,7+/m0/s1. The molecule has 4 atom stereocenters. The summed E-state index contributed by atoms with van der Waals surface area (Å²) < 4.78 is 0. The molecule has 9 heteroatoms. The Morgan fingerprint density at radius 1 is 1.26 bits per heavy atom. The maximum absolute atomic E-state index is 9.88. The highest BCUT2D eigenvalue weighted by Gasteiger charge is 2.41. The van der Waals surface area contributed by atoms with Gasteiger partial charge in [-0.3, -0.25) is 0 Å². The summed E-state index contributed by atoms with van der Waals surface area (Å²) in [5.41, 5.74) is 5.82. The van der Waals surface area contributed by atoms with Crippen molar-refractivity contribution in [2.45, 2.75) is 24.7 Å². The fraction of sp³-hybridized carbons (Fsp3) is 0.600. The number of hydrogen-bond acceptors (Lipinski definition) is 7. The SMILES string of the molecule is Nc1c(Cl)nc(Cl)nc1N[C@H]1C[C@@H](CO)[C@H](O)[C@@H]1O. The van der Waals surface area contributed by atoms with Gasteiger partial charge in [-0.1, -0.05) is 11.6 Å². The second-order valence-electron chi connectivity index (χ2n) is 4.46. The highest BCUT2D eigenvalue weighted by molar-refractivity contribution is 6.34. The summed E-state index contributed by atoms with van der Waals surface area (Å²) in [5.74, 6) is -0.207. The van der Waals surface area contributed by atoms with Crippen LogP contribution >= 0.6 is 23.2 Å². The monoisotopic (exact) mass is 308 g/mol. The molecule has 1 fully saturated rings. The Labute approximate surface area is 119 Å². The molecule has 1 aliphatic rings. The third-order valence-electron chi connectivity index (χ3n) is 3.23. The fourth-order valence-corrected chi connectivity index (χ4v) is 2.53. The Bertz CT molecular complexity index is 476. The molecule has 1 saturated carbocycles.